The number of amides is 2. The average molecular weight is 248 g/mol. The molecule has 0 aliphatic carbocycles. The summed E-state index contributed by atoms with van der Waals surface area (Å²) in [5.74, 6) is -1.20. The summed E-state index contributed by atoms with van der Waals surface area (Å²) < 4.78 is 0. The summed E-state index contributed by atoms with van der Waals surface area (Å²) in [6.45, 7) is 4.63. The summed E-state index contributed by atoms with van der Waals surface area (Å²) in [6.07, 6.45) is 2.82. The third kappa shape index (κ3) is 4.57. The van der Waals surface area contributed by atoms with E-state index in [4.69, 9.17) is 0 Å². The predicted octanol–water partition coefficient (Wildman–Crippen LogP) is 2.10. The van der Waals surface area contributed by atoms with Gasteiger partial charge in [0.05, 0.1) is 0 Å². The second-order valence-electron chi connectivity index (χ2n) is 4.11. The highest BCUT2D eigenvalue weighted by molar-refractivity contribution is 6.39. The summed E-state index contributed by atoms with van der Waals surface area (Å²) in [6, 6.07) is 7.47. The van der Waals surface area contributed by atoms with Gasteiger partial charge in [-0.2, -0.15) is 0 Å². The largest absolute Gasteiger partial charge is 0.348 e. The molecule has 4 nitrogen and oxygen atoms in total. The summed E-state index contributed by atoms with van der Waals surface area (Å²) in [5.41, 5.74) is 1.84. The summed E-state index contributed by atoms with van der Waals surface area (Å²) in [4.78, 5) is 23.0. The molecule has 2 amide bonds. The van der Waals surface area contributed by atoms with E-state index in [1.54, 1.807) is 12.1 Å². The zero-order valence-corrected chi connectivity index (χ0v) is 11.0. The molecular formula is C14H20N2O2. The first kappa shape index (κ1) is 14.2. The zero-order chi connectivity index (χ0) is 13.4. The molecule has 18 heavy (non-hydrogen) atoms. The highest BCUT2D eigenvalue weighted by Gasteiger charge is 2.12. The molecule has 98 valence electrons. The zero-order valence-electron chi connectivity index (χ0n) is 11.0. The lowest BCUT2D eigenvalue weighted by molar-refractivity contribution is -0.136. The smallest absolute Gasteiger partial charge is 0.313 e. The average Bonchev–Trinajstić information content (AvgIpc) is 2.39. The van der Waals surface area contributed by atoms with Gasteiger partial charge in [0, 0.05) is 12.2 Å². The van der Waals surface area contributed by atoms with Crippen LogP contribution in [0.15, 0.2) is 24.3 Å². The van der Waals surface area contributed by atoms with E-state index in [1.807, 2.05) is 19.1 Å². The summed E-state index contributed by atoms with van der Waals surface area (Å²) in [5, 5.41) is 5.14. The second kappa shape index (κ2) is 7.48. The predicted molar refractivity (Wildman–Crippen MR) is 72.4 cm³/mol. The fourth-order valence-corrected chi connectivity index (χ4v) is 1.47. The van der Waals surface area contributed by atoms with Gasteiger partial charge < -0.3 is 10.6 Å². The maximum Gasteiger partial charge on any atom is 0.313 e. The Morgan fingerprint density at radius 1 is 1.06 bits per heavy atom. The van der Waals surface area contributed by atoms with Crippen molar-refractivity contribution in [3.8, 4) is 0 Å². The van der Waals surface area contributed by atoms with Crippen LogP contribution in [0.5, 0.6) is 0 Å². The minimum Gasteiger partial charge on any atom is -0.348 e. The van der Waals surface area contributed by atoms with Gasteiger partial charge in [0.15, 0.2) is 0 Å². The van der Waals surface area contributed by atoms with Crippen LogP contribution in [0.25, 0.3) is 0 Å². The summed E-state index contributed by atoms with van der Waals surface area (Å²) >= 11 is 0. The number of anilines is 1. The highest BCUT2D eigenvalue weighted by atomic mass is 16.2. The van der Waals surface area contributed by atoms with E-state index in [0.29, 0.717) is 12.2 Å². The van der Waals surface area contributed by atoms with Crippen molar-refractivity contribution in [1.29, 1.82) is 0 Å². The first-order chi connectivity index (χ1) is 8.67. The van der Waals surface area contributed by atoms with Crippen LogP contribution < -0.4 is 10.6 Å². The number of unbranched alkanes of at least 4 members (excludes halogenated alkanes) is 1. The molecule has 0 aliphatic rings. The molecule has 4 heteroatoms. The van der Waals surface area contributed by atoms with Crippen molar-refractivity contribution >= 4 is 17.5 Å². The van der Waals surface area contributed by atoms with Gasteiger partial charge in [0.2, 0.25) is 0 Å². The molecule has 0 atom stereocenters. The van der Waals surface area contributed by atoms with Crippen molar-refractivity contribution in [3.05, 3.63) is 29.8 Å². The number of nitrogens with one attached hydrogen (secondary N) is 2. The minimum absolute atomic E-state index is 0.539. The van der Waals surface area contributed by atoms with Crippen molar-refractivity contribution in [2.24, 2.45) is 0 Å². The second-order valence-corrected chi connectivity index (χ2v) is 4.11. The van der Waals surface area contributed by atoms with Crippen molar-refractivity contribution in [3.63, 3.8) is 0 Å². The number of benzene rings is 1. The molecule has 0 heterocycles. The SMILES string of the molecule is CCCCNC(=O)C(=O)Nc1ccc(CC)cc1. The van der Waals surface area contributed by atoms with E-state index >= 15 is 0 Å². The fraction of sp³-hybridized carbons (Fsp3) is 0.429. The molecule has 0 spiro atoms. The van der Waals surface area contributed by atoms with E-state index in [2.05, 4.69) is 17.6 Å². The van der Waals surface area contributed by atoms with Gasteiger partial charge in [0.25, 0.3) is 0 Å². The molecule has 0 unspecified atom stereocenters. The number of carbonyl (C=O) groups is 2. The monoisotopic (exact) mass is 248 g/mol. The first-order valence-electron chi connectivity index (χ1n) is 6.35. The maximum absolute atomic E-state index is 11.5. The fourth-order valence-electron chi connectivity index (χ4n) is 1.47. The molecule has 0 fully saturated rings. The Balaban J connectivity index is 2.45. The lowest BCUT2D eigenvalue weighted by atomic mass is 10.1. The first-order valence-corrected chi connectivity index (χ1v) is 6.35. The Kier molecular flexibility index (Phi) is 5.91. The number of aryl methyl sites for hydroxylation is 1. The summed E-state index contributed by atoms with van der Waals surface area (Å²) in [7, 11) is 0. The number of hydrogen-bond acceptors (Lipinski definition) is 2. The molecule has 1 rings (SSSR count). The molecular weight excluding hydrogens is 228 g/mol. The third-order valence-corrected chi connectivity index (χ3v) is 2.64. The van der Waals surface area contributed by atoms with Gasteiger partial charge in [-0.3, -0.25) is 9.59 Å². The number of carbonyl (C=O) groups excluding carboxylic acids is 2. The Labute approximate surface area is 108 Å². The number of rotatable bonds is 5. The molecule has 0 bridgehead atoms. The minimum atomic E-state index is -0.615. The van der Waals surface area contributed by atoms with Crippen LogP contribution in [0.3, 0.4) is 0 Å². The Bertz CT molecular complexity index is 399. The third-order valence-electron chi connectivity index (χ3n) is 2.64. The Morgan fingerprint density at radius 2 is 1.72 bits per heavy atom. The maximum atomic E-state index is 11.5. The van der Waals surface area contributed by atoms with Crippen molar-refractivity contribution < 1.29 is 9.59 Å². The van der Waals surface area contributed by atoms with E-state index < -0.39 is 11.8 Å². The van der Waals surface area contributed by atoms with Gasteiger partial charge in [0.1, 0.15) is 0 Å². The van der Waals surface area contributed by atoms with Crippen LogP contribution >= 0.6 is 0 Å². The van der Waals surface area contributed by atoms with Gasteiger partial charge in [-0.15, -0.1) is 0 Å². The van der Waals surface area contributed by atoms with Crippen LogP contribution in [0.1, 0.15) is 32.3 Å². The van der Waals surface area contributed by atoms with Crippen LogP contribution in [0.4, 0.5) is 5.69 Å². The van der Waals surface area contributed by atoms with Crippen molar-refractivity contribution in [2.45, 2.75) is 33.1 Å². The van der Waals surface area contributed by atoms with Crippen LogP contribution in [-0.4, -0.2) is 18.4 Å². The Morgan fingerprint density at radius 3 is 2.28 bits per heavy atom. The van der Waals surface area contributed by atoms with E-state index in [9.17, 15) is 9.59 Å². The van der Waals surface area contributed by atoms with Gasteiger partial charge >= 0.3 is 11.8 Å². The quantitative estimate of drug-likeness (QED) is 0.619. The molecule has 0 radical (unpaired) electrons. The topological polar surface area (TPSA) is 58.2 Å². The van der Waals surface area contributed by atoms with E-state index in [-0.39, 0.29) is 0 Å². The lowest BCUT2D eigenvalue weighted by Gasteiger charge is -2.06. The highest BCUT2D eigenvalue weighted by Crippen LogP contribution is 2.09. The standard InChI is InChI=1S/C14H20N2O2/c1-3-5-10-15-13(17)14(18)16-12-8-6-11(4-2)7-9-12/h6-9H,3-5,10H2,1-2H3,(H,15,17)(H,16,18). The molecule has 0 aromatic heterocycles. The van der Waals surface area contributed by atoms with Gasteiger partial charge in [-0.05, 0) is 30.5 Å². The molecule has 0 aliphatic heterocycles. The van der Waals surface area contributed by atoms with Crippen molar-refractivity contribution in [1.82, 2.24) is 5.32 Å². The molecule has 0 saturated heterocycles. The van der Waals surface area contributed by atoms with Crippen LogP contribution in [0.2, 0.25) is 0 Å². The Hall–Kier alpha value is -1.84. The van der Waals surface area contributed by atoms with Crippen molar-refractivity contribution in [2.75, 3.05) is 11.9 Å². The van der Waals surface area contributed by atoms with E-state index in [0.717, 1.165) is 19.3 Å². The normalized spacial score (nSPS) is 9.89. The number of hydrogen-bond donors (Lipinski definition) is 2. The molecule has 1 aromatic carbocycles. The molecule has 1 aromatic rings. The lowest BCUT2D eigenvalue weighted by Crippen LogP contribution is -2.35. The molecule has 2 N–H and O–H groups in total. The van der Waals surface area contributed by atoms with Gasteiger partial charge in [-0.1, -0.05) is 32.4 Å². The van der Waals surface area contributed by atoms with Crippen LogP contribution in [-0.2, 0) is 16.0 Å². The van der Waals surface area contributed by atoms with Crippen LogP contribution in [0, 0.1) is 0 Å². The molecule has 0 saturated carbocycles. The van der Waals surface area contributed by atoms with Gasteiger partial charge in [-0.25, -0.2) is 0 Å². The van der Waals surface area contributed by atoms with E-state index in [1.165, 1.54) is 5.56 Å².